The van der Waals surface area contributed by atoms with Crippen LogP contribution < -0.4 is 0 Å². The van der Waals surface area contributed by atoms with E-state index in [2.05, 4.69) is 0 Å². The number of amides is 1. The molecule has 0 aliphatic carbocycles. The molecule has 14 heavy (non-hydrogen) atoms. The lowest BCUT2D eigenvalue weighted by Gasteiger charge is -2.08. The van der Waals surface area contributed by atoms with Crippen LogP contribution in [0.15, 0.2) is 0 Å². The fraction of sp³-hybridized carbons (Fsp3) is 0.909. The summed E-state index contributed by atoms with van der Waals surface area (Å²) in [5.41, 5.74) is 0. The molecule has 3 heteroatoms. The number of nitrogens with zero attached hydrogens (tertiary/aromatic N) is 1. The van der Waals surface area contributed by atoms with Crippen LogP contribution in [0, 0.1) is 0 Å². The third-order valence-electron chi connectivity index (χ3n) is 1.35. The number of unbranched alkanes of at least 4 members (excludes halogenated alkanes) is 2. The van der Waals surface area contributed by atoms with E-state index in [4.69, 9.17) is 5.11 Å². The van der Waals surface area contributed by atoms with E-state index in [0.717, 1.165) is 32.2 Å². The van der Waals surface area contributed by atoms with E-state index in [0.29, 0.717) is 0 Å². The summed E-state index contributed by atoms with van der Waals surface area (Å²) >= 11 is 0. The summed E-state index contributed by atoms with van der Waals surface area (Å²) in [5, 5.41) is 8.41. The molecule has 0 saturated carbocycles. The number of aliphatic hydroxyl groups excluding tert-OH is 1. The van der Waals surface area contributed by atoms with Gasteiger partial charge in [-0.25, -0.2) is 0 Å². The Labute approximate surface area is 89.1 Å². The first-order valence-electron chi connectivity index (χ1n) is 5.57. The third-order valence-corrected chi connectivity index (χ3v) is 1.35. The van der Waals surface area contributed by atoms with Gasteiger partial charge in [-0.1, -0.05) is 27.7 Å². The molecule has 0 rings (SSSR count). The van der Waals surface area contributed by atoms with Crippen molar-refractivity contribution in [2.45, 2.75) is 47.0 Å². The highest BCUT2D eigenvalue weighted by Gasteiger charge is 1.91. The monoisotopic (exact) mass is 205 g/mol. The first kappa shape index (κ1) is 19.1. The van der Waals surface area contributed by atoms with E-state index in [1.54, 1.807) is 11.9 Å². The van der Waals surface area contributed by atoms with E-state index in [9.17, 15) is 4.79 Å². The van der Waals surface area contributed by atoms with Crippen molar-refractivity contribution in [3.8, 4) is 0 Å². The second-order valence-corrected chi connectivity index (χ2v) is 2.37. The van der Waals surface area contributed by atoms with E-state index in [-0.39, 0.29) is 6.61 Å². The van der Waals surface area contributed by atoms with Crippen LogP contribution in [0.2, 0.25) is 0 Å². The highest BCUT2D eigenvalue weighted by Crippen LogP contribution is 1.94. The van der Waals surface area contributed by atoms with E-state index >= 15 is 0 Å². The summed E-state index contributed by atoms with van der Waals surface area (Å²) in [6.07, 6.45) is 3.64. The molecule has 1 N–H and O–H groups in total. The standard InChI is InChI=1S/C7H15NO2.2C2H6/c1-8(7-10)5-3-2-4-6-9;2*1-2/h7,9H,2-6H2,1H3;2*1-2H3. The highest BCUT2D eigenvalue weighted by atomic mass is 16.2. The van der Waals surface area contributed by atoms with Crippen molar-refractivity contribution in [1.29, 1.82) is 0 Å². The Balaban J connectivity index is -0.000000266. The first-order chi connectivity index (χ1) is 6.81. The van der Waals surface area contributed by atoms with Gasteiger partial charge in [-0.3, -0.25) is 4.79 Å². The van der Waals surface area contributed by atoms with Gasteiger partial charge >= 0.3 is 0 Å². The van der Waals surface area contributed by atoms with Crippen molar-refractivity contribution < 1.29 is 9.90 Å². The molecule has 88 valence electrons. The number of rotatable bonds is 6. The van der Waals surface area contributed by atoms with E-state index < -0.39 is 0 Å². The Morgan fingerprint density at radius 1 is 1.07 bits per heavy atom. The quantitative estimate of drug-likeness (QED) is 0.534. The van der Waals surface area contributed by atoms with E-state index in [1.807, 2.05) is 27.7 Å². The number of carbonyl (C=O) groups is 1. The molecule has 0 spiro atoms. The maximum atomic E-state index is 10.0. The molecule has 0 fully saturated rings. The summed E-state index contributed by atoms with van der Waals surface area (Å²) in [6, 6.07) is 0. The van der Waals surface area contributed by atoms with Crippen molar-refractivity contribution in [3.05, 3.63) is 0 Å². The molecular weight excluding hydrogens is 178 g/mol. The molecule has 0 bridgehead atoms. The minimum absolute atomic E-state index is 0.255. The lowest BCUT2D eigenvalue weighted by molar-refractivity contribution is -0.117. The van der Waals surface area contributed by atoms with Gasteiger partial charge in [-0.05, 0) is 19.3 Å². The topological polar surface area (TPSA) is 40.5 Å². The molecule has 0 atom stereocenters. The van der Waals surface area contributed by atoms with Crippen LogP contribution in [0.5, 0.6) is 0 Å². The predicted molar refractivity (Wildman–Crippen MR) is 62.3 cm³/mol. The molecule has 0 aliphatic rings. The molecule has 0 aliphatic heterocycles. The summed E-state index contributed by atoms with van der Waals surface area (Å²) in [5.74, 6) is 0. The fourth-order valence-corrected chi connectivity index (χ4v) is 0.702. The van der Waals surface area contributed by atoms with Crippen LogP contribution in [-0.2, 0) is 4.79 Å². The zero-order valence-corrected chi connectivity index (χ0v) is 10.4. The van der Waals surface area contributed by atoms with Crippen molar-refractivity contribution >= 4 is 6.41 Å². The van der Waals surface area contributed by atoms with Gasteiger partial charge in [-0.2, -0.15) is 0 Å². The molecule has 0 unspecified atom stereocenters. The largest absolute Gasteiger partial charge is 0.396 e. The molecular formula is C11H27NO2. The van der Waals surface area contributed by atoms with Crippen LogP contribution in [0.3, 0.4) is 0 Å². The van der Waals surface area contributed by atoms with Gasteiger partial charge in [0.05, 0.1) is 0 Å². The Hall–Kier alpha value is -0.570. The van der Waals surface area contributed by atoms with Gasteiger partial charge in [-0.15, -0.1) is 0 Å². The molecule has 0 aromatic rings. The molecule has 0 aromatic carbocycles. The summed E-state index contributed by atoms with van der Waals surface area (Å²) in [6.45, 7) is 9.05. The Bertz CT molecular complexity index is 87.4. The molecule has 0 radical (unpaired) electrons. The maximum absolute atomic E-state index is 10.0. The van der Waals surface area contributed by atoms with Crippen LogP contribution in [-0.4, -0.2) is 36.6 Å². The molecule has 0 aromatic heterocycles. The zero-order chi connectivity index (χ0) is 11.8. The number of aliphatic hydroxyl groups is 1. The maximum Gasteiger partial charge on any atom is 0.209 e. The minimum Gasteiger partial charge on any atom is -0.396 e. The van der Waals surface area contributed by atoms with Gasteiger partial charge in [0, 0.05) is 20.2 Å². The zero-order valence-electron chi connectivity index (χ0n) is 10.4. The average Bonchev–Trinajstić information content (AvgIpc) is 2.29. The SMILES string of the molecule is CC.CC.CN(C=O)CCCCCO. The predicted octanol–water partition coefficient (Wildman–Crippen LogP) is 2.29. The van der Waals surface area contributed by atoms with Crippen molar-refractivity contribution in [2.24, 2.45) is 0 Å². The van der Waals surface area contributed by atoms with Gasteiger partial charge < -0.3 is 10.0 Å². The number of hydrogen-bond donors (Lipinski definition) is 1. The van der Waals surface area contributed by atoms with Crippen molar-refractivity contribution in [2.75, 3.05) is 20.2 Å². The Morgan fingerprint density at radius 3 is 1.93 bits per heavy atom. The molecule has 1 amide bonds. The molecule has 3 nitrogen and oxygen atoms in total. The number of carbonyl (C=O) groups excluding carboxylic acids is 1. The minimum atomic E-state index is 0.255. The van der Waals surface area contributed by atoms with Crippen LogP contribution in [0.1, 0.15) is 47.0 Å². The molecule has 0 heterocycles. The molecule has 0 saturated heterocycles. The Kier molecular flexibility index (Phi) is 31.1. The Morgan fingerprint density at radius 2 is 1.57 bits per heavy atom. The smallest absolute Gasteiger partial charge is 0.209 e. The van der Waals surface area contributed by atoms with Crippen LogP contribution in [0.25, 0.3) is 0 Å². The van der Waals surface area contributed by atoms with Crippen molar-refractivity contribution in [3.63, 3.8) is 0 Å². The summed E-state index contributed by atoms with van der Waals surface area (Å²) in [4.78, 5) is 11.7. The number of hydrogen-bond acceptors (Lipinski definition) is 2. The van der Waals surface area contributed by atoms with Gasteiger partial charge in [0.1, 0.15) is 0 Å². The summed E-state index contributed by atoms with van der Waals surface area (Å²) < 4.78 is 0. The fourth-order valence-electron chi connectivity index (χ4n) is 0.702. The lowest BCUT2D eigenvalue weighted by Crippen LogP contribution is -2.16. The first-order valence-corrected chi connectivity index (χ1v) is 5.57. The highest BCUT2D eigenvalue weighted by molar-refractivity contribution is 5.46. The second-order valence-electron chi connectivity index (χ2n) is 2.37. The van der Waals surface area contributed by atoms with Gasteiger partial charge in [0.15, 0.2) is 0 Å². The third kappa shape index (κ3) is 22.5. The lowest BCUT2D eigenvalue weighted by atomic mass is 10.2. The van der Waals surface area contributed by atoms with Gasteiger partial charge in [0.25, 0.3) is 0 Å². The van der Waals surface area contributed by atoms with E-state index in [1.165, 1.54) is 0 Å². The van der Waals surface area contributed by atoms with Gasteiger partial charge in [0.2, 0.25) is 6.41 Å². The average molecular weight is 205 g/mol. The summed E-state index contributed by atoms with van der Waals surface area (Å²) in [7, 11) is 1.76. The van der Waals surface area contributed by atoms with Crippen LogP contribution >= 0.6 is 0 Å². The van der Waals surface area contributed by atoms with Crippen LogP contribution in [0.4, 0.5) is 0 Å². The second kappa shape index (κ2) is 22.9. The van der Waals surface area contributed by atoms with Crippen molar-refractivity contribution in [1.82, 2.24) is 4.90 Å². The normalized spacial score (nSPS) is 7.57.